The van der Waals surface area contributed by atoms with Crippen molar-refractivity contribution in [3.05, 3.63) is 53.7 Å². The van der Waals surface area contributed by atoms with Crippen LogP contribution in [0.1, 0.15) is 16.1 Å². The number of pyridine rings is 1. The van der Waals surface area contributed by atoms with Crippen LogP contribution in [0, 0.1) is 6.92 Å². The predicted octanol–water partition coefficient (Wildman–Crippen LogP) is 2.36. The molecule has 2 aromatic rings. The number of carbonyl (C=O) groups is 2. The van der Waals surface area contributed by atoms with E-state index in [-0.39, 0.29) is 0 Å². The van der Waals surface area contributed by atoms with E-state index in [1.807, 2.05) is 6.07 Å². The van der Waals surface area contributed by atoms with Gasteiger partial charge in [0.05, 0.1) is 18.4 Å². The van der Waals surface area contributed by atoms with Crippen LogP contribution in [-0.2, 0) is 0 Å². The molecule has 1 heterocycles. The molecule has 0 aliphatic carbocycles. The number of amides is 3. The quantitative estimate of drug-likeness (QED) is 0.907. The molecule has 1 aromatic carbocycles. The molecular weight excluding hydrogens is 270 g/mol. The van der Waals surface area contributed by atoms with Gasteiger partial charge in [0.25, 0.3) is 5.91 Å². The van der Waals surface area contributed by atoms with Crippen LogP contribution >= 0.6 is 0 Å². The standard InChI is InChI=1S/C15H15N3O3/c1-10-12(8-9-13(16-10)21-2)14(19)18-15(20)17-11-6-4-3-5-7-11/h3-9H,1-2H3,(H2,17,18,19,20). The highest BCUT2D eigenvalue weighted by atomic mass is 16.5. The Morgan fingerprint density at radius 2 is 1.81 bits per heavy atom. The number of carbonyl (C=O) groups excluding carboxylic acids is 2. The van der Waals surface area contributed by atoms with Crippen molar-refractivity contribution >= 4 is 17.6 Å². The van der Waals surface area contributed by atoms with Crippen LogP contribution in [0.2, 0.25) is 0 Å². The molecule has 1 aromatic heterocycles. The van der Waals surface area contributed by atoms with E-state index in [0.717, 1.165) is 0 Å². The van der Waals surface area contributed by atoms with Crippen molar-refractivity contribution in [3.63, 3.8) is 0 Å². The number of nitrogens with one attached hydrogen (secondary N) is 2. The van der Waals surface area contributed by atoms with E-state index in [9.17, 15) is 9.59 Å². The summed E-state index contributed by atoms with van der Waals surface area (Å²) < 4.78 is 4.97. The molecule has 0 aliphatic heterocycles. The van der Waals surface area contributed by atoms with E-state index in [1.165, 1.54) is 7.11 Å². The Balaban J connectivity index is 2.02. The molecule has 0 radical (unpaired) electrons. The molecule has 2 N–H and O–H groups in total. The average molecular weight is 285 g/mol. The van der Waals surface area contributed by atoms with Gasteiger partial charge in [0.2, 0.25) is 5.88 Å². The van der Waals surface area contributed by atoms with Gasteiger partial charge in [-0.2, -0.15) is 0 Å². The fraction of sp³-hybridized carbons (Fsp3) is 0.133. The first-order chi connectivity index (χ1) is 10.1. The van der Waals surface area contributed by atoms with Crippen molar-refractivity contribution in [3.8, 4) is 5.88 Å². The van der Waals surface area contributed by atoms with Crippen molar-refractivity contribution < 1.29 is 14.3 Å². The zero-order chi connectivity index (χ0) is 15.2. The molecule has 0 fully saturated rings. The van der Waals surface area contributed by atoms with Crippen LogP contribution in [-0.4, -0.2) is 24.0 Å². The summed E-state index contributed by atoms with van der Waals surface area (Å²) in [5.41, 5.74) is 1.41. The first-order valence-corrected chi connectivity index (χ1v) is 6.29. The van der Waals surface area contributed by atoms with Crippen LogP contribution in [0.3, 0.4) is 0 Å². The summed E-state index contributed by atoms with van der Waals surface area (Å²) in [4.78, 5) is 27.8. The van der Waals surface area contributed by atoms with Gasteiger partial charge in [-0.3, -0.25) is 10.1 Å². The Labute approximate surface area is 122 Å². The number of anilines is 1. The maximum absolute atomic E-state index is 12.0. The third-order valence-corrected chi connectivity index (χ3v) is 2.77. The second-order valence-electron chi connectivity index (χ2n) is 4.26. The minimum absolute atomic E-state index is 0.319. The topological polar surface area (TPSA) is 80.3 Å². The third kappa shape index (κ3) is 3.79. The van der Waals surface area contributed by atoms with Gasteiger partial charge in [0.1, 0.15) is 0 Å². The molecule has 0 saturated carbocycles. The van der Waals surface area contributed by atoms with E-state index in [2.05, 4.69) is 15.6 Å². The van der Waals surface area contributed by atoms with Gasteiger partial charge in [-0.15, -0.1) is 0 Å². The monoisotopic (exact) mass is 285 g/mol. The molecule has 0 spiro atoms. The SMILES string of the molecule is COc1ccc(C(=O)NC(=O)Nc2ccccc2)c(C)n1. The number of methoxy groups -OCH3 is 1. The number of rotatable bonds is 3. The zero-order valence-electron chi connectivity index (χ0n) is 11.7. The highest BCUT2D eigenvalue weighted by Gasteiger charge is 2.14. The number of ether oxygens (including phenoxy) is 1. The molecule has 108 valence electrons. The number of urea groups is 1. The number of benzene rings is 1. The number of aryl methyl sites for hydroxylation is 1. The van der Waals surface area contributed by atoms with Gasteiger partial charge in [0, 0.05) is 11.8 Å². The van der Waals surface area contributed by atoms with E-state index in [4.69, 9.17) is 4.74 Å². The molecule has 0 atom stereocenters. The molecule has 2 rings (SSSR count). The van der Waals surface area contributed by atoms with Crippen LogP contribution < -0.4 is 15.4 Å². The number of nitrogens with zero attached hydrogens (tertiary/aromatic N) is 1. The highest BCUT2D eigenvalue weighted by molar-refractivity contribution is 6.08. The van der Waals surface area contributed by atoms with Crippen molar-refractivity contribution in [2.24, 2.45) is 0 Å². The fourth-order valence-corrected chi connectivity index (χ4v) is 1.75. The van der Waals surface area contributed by atoms with Crippen LogP contribution in [0.25, 0.3) is 0 Å². The van der Waals surface area contributed by atoms with E-state index in [0.29, 0.717) is 22.8 Å². The molecule has 21 heavy (non-hydrogen) atoms. The lowest BCUT2D eigenvalue weighted by molar-refractivity contribution is 0.0966. The van der Waals surface area contributed by atoms with E-state index < -0.39 is 11.9 Å². The van der Waals surface area contributed by atoms with Crippen molar-refractivity contribution in [2.75, 3.05) is 12.4 Å². The van der Waals surface area contributed by atoms with E-state index >= 15 is 0 Å². The molecule has 0 saturated heterocycles. The summed E-state index contributed by atoms with van der Waals surface area (Å²) in [5.74, 6) is -0.103. The minimum Gasteiger partial charge on any atom is -0.481 e. The maximum atomic E-state index is 12.0. The molecular formula is C15H15N3O3. The predicted molar refractivity (Wildman–Crippen MR) is 78.5 cm³/mol. The van der Waals surface area contributed by atoms with Crippen molar-refractivity contribution in [1.29, 1.82) is 0 Å². The lowest BCUT2D eigenvalue weighted by Crippen LogP contribution is -2.34. The number of imide groups is 1. The van der Waals surface area contributed by atoms with E-state index in [1.54, 1.807) is 43.3 Å². The van der Waals surface area contributed by atoms with Gasteiger partial charge in [-0.25, -0.2) is 9.78 Å². The smallest absolute Gasteiger partial charge is 0.326 e. The number of hydrogen-bond donors (Lipinski definition) is 2. The lowest BCUT2D eigenvalue weighted by atomic mass is 10.2. The van der Waals surface area contributed by atoms with Gasteiger partial charge >= 0.3 is 6.03 Å². The maximum Gasteiger partial charge on any atom is 0.326 e. The number of para-hydroxylation sites is 1. The van der Waals surface area contributed by atoms with Gasteiger partial charge in [-0.05, 0) is 25.1 Å². The van der Waals surface area contributed by atoms with Crippen LogP contribution in [0.15, 0.2) is 42.5 Å². The molecule has 6 heteroatoms. The van der Waals surface area contributed by atoms with Gasteiger partial charge in [-0.1, -0.05) is 18.2 Å². The number of aromatic nitrogens is 1. The van der Waals surface area contributed by atoms with Gasteiger partial charge < -0.3 is 10.1 Å². The largest absolute Gasteiger partial charge is 0.481 e. The van der Waals surface area contributed by atoms with Crippen molar-refractivity contribution in [1.82, 2.24) is 10.3 Å². The average Bonchev–Trinajstić information content (AvgIpc) is 2.47. The molecule has 0 bridgehead atoms. The molecule has 0 unspecified atom stereocenters. The molecule has 6 nitrogen and oxygen atoms in total. The Kier molecular flexibility index (Phi) is 4.50. The first kappa shape index (κ1) is 14.5. The zero-order valence-corrected chi connectivity index (χ0v) is 11.7. The third-order valence-electron chi connectivity index (χ3n) is 2.77. The van der Waals surface area contributed by atoms with Crippen LogP contribution in [0.4, 0.5) is 10.5 Å². The number of hydrogen-bond acceptors (Lipinski definition) is 4. The summed E-state index contributed by atoms with van der Waals surface area (Å²) in [7, 11) is 1.49. The Morgan fingerprint density at radius 3 is 2.43 bits per heavy atom. The fourth-order valence-electron chi connectivity index (χ4n) is 1.75. The Hall–Kier alpha value is -2.89. The Bertz CT molecular complexity index is 656. The highest BCUT2D eigenvalue weighted by Crippen LogP contribution is 2.12. The minimum atomic E-state index is -0.596. The summed E-state index contributed by atoms with van der Waals surface area (Å²) >= 11 is 0. The normalized spacial score (nSPS) is 9.81. The Morgan fingerprint density at radius 1 is 1.10 bits per heavy atom. The van der Waals surface area contributed by atoms with Crippen LogP contribution in [0.5, 0.6) is 5.88 Å². The summed E-state index contributed by atoms with van der Waals surface area (Å²) in [5, 5.41) is 4.82. The summed E-state index contributed by atoms with van der Waals surface area (Å²) in [6.45, 7) is 1.67. The van der Waals surface area contributed by atoms with Crippen molar-refractivity contribution in [2.45, 2.75) is 6.92 Å². The first-order valence-electron chi connectivity index (χ1n) is 6.29. The van der Waals surface area contributed by atoms with Gasteiger partial charge in [0.15, 0.2) is 0 Å². The lowest BCUT2D eigenvalue weighted by Gasteiger charge is -2.08. The summed E-state index contributed by atoms with van der Waals surface area (Å²) in [6.07, 6.45) is 0. The molecule has 0 aliphatic rings. The molecule has 3 amide bonds. The summed E-state index contributed by atoms with van der Waals surface area (Å²) in [6, 6.07) is 11.4. The second-order valence-corrected chi connectivity index (χ2v) is 4.26. The second kappa shape index (κ2) is 6.51.